The molecule has 2 N–H and O–H groups in total. The van der Waals surface area contributed by atoms with Gasteiger partial charge in [0.05, 0.1) is 5.56 Å². The molecule has 1 aromatic carbocycles. The third-order valence-corrected chi connectivity index (χ3v) is 2.89. The molecule has 0 spiro atoms. The van der Waals surface area contributed by atoms with Crippen LogP contribution in [-0.4, -0.2) is 14.6 Å². The molecule has 0 unspecified atom stereocenters. The van der Waals surface area contributed by atoms with Crippen molar-refractivity contribution in [3.8, 4) is 11.1 Å². The Morgan fingerprint density at radius 1 is 0.950 bits per heavy atom. The number of fused-ring (bicyclic) bond motifs is 1. The Kier molecular flexibility index (Phi) is 2.63. The minimum absolute atomic E-state index is 0.148. The van der Waals surface area contributed by atoms with Crippen LogP contribution in [0.2, 0.25) is 0 Å². The molecular weight excluding hydrogens is 269 g/mol. The van der Waals surface area contributed by atoms with Crippen molar-refractivity contribution in [1.82, 2.24) is 14.6 Å². The SMILES string of the molecule is Nc1nc2ccc(-c3ccc(C(F)(F)F)cc3)cn2n1. The number of benzene rings is 1. The first-order valence-electron chi connectivity index (χ1n) is 5.73. The maximum Gasteiger partial charge on any atom is 0.416 e. The van der Waals surface area contributed by atoms with Gasteiger partial charge in [-0.2, -0.15) is 18.2 Å². The molecule has 0 fully saturated rings. The molecule has 0 aliphatic heterocycles. The third-order valence-electron chi connectivity index (χ3n) is 2.89. The maximum atomic E-state index is 12.5. The van der Waals surface area contributed by atoms with Gasteiger partial charge in [0.2, 0.25) is 5.95 Å². The number of alkyl halides is 3. The van der Waals surface area contributed by atoms with E-state index >= 15 is 0 Å². The van der Waals surface area contributed by atoms with E-state index in [2.05, 4.69) is 10.1 Å². The summed E-state index contributed by atoms with van der Waals surface area (Å²) < 4.78 is 39.0. The van der Waals surface area contributed by atoms with Crippen LogP contribution in [0.15, 0.2) is 42.6 Å². The van der Waals surface area contributed by atoms with Gasteiger partial charge in [-0.15, -0.1) is 5.10 Å². The second-order valence-electron chi connectivity index (χ2n) is 4.27. The zero-order chi connectivity index (χ0) is 14.3. The highest BCUT2D eigenvalue weighted by Crippen LogP contribution is 2.30. The lowest BCUT2D eigenvalue weighted by Gasteiger charge is -2.07. The lowest BCUT2D eigenvalue weighted by Crippen LogP contribution is -2.04. The van der Waals surface area contributed by atoms with Gasteiger partial charge in [-0.1, -0.05) is 12.1 Å². The zero-order valence-electron chi connectivity index (χ0n) is 10.1. The van der Waals surface area contributed by atoms with E-state index in [9.17, 15) is 13.2 Å². The van der Waals surface area contributed by atoms with Crippen LogP contribution in [0.4, 0.5) is 19.1 Å². The molecular formula is C13H9F3N4. The van der Waals surface area contributed by atoms with Gasteiger partial charge < -0.3 is 5.73 Å². The topological polar surface area (TPSA) is 56.2 Å². The Morgan fingerprint density at radius 2 is 1.60 bits per heavy atom. The quantitative estimate of drug-likeness (QED) is 0.744. The van der Waals surface area contributed by atoms with Gasteiger partial charge in [-0.25, -0.2) is 4.52 Å². The predicted octanol–water partition coefficient (Wildman–Crippen LogP) is 3.00. The van der Waals surface area contributed by atoms with Crippen molar-refractivity contribution in [1.29, 1.82) is 0 Å². The van der Waals surface area contributed by atoms with Crippen molar-refractivity contribution >= 4 is 11.6 Å². The number of hydrogen-bond acceptors (Lipinski definition) is 3. The number of nitrogens with two attached hydrogens (primary N) is 1. The summed E-state index contributed by atoms with van der Waals surface area (Å²) in [4.78, 5) is 3.98. The maximum absolute atomic E-state index is 12.5. The van der Waals surface area contributed by atoms with Crippen molar-refractivity contribution in [3.63, 3.8) is 0 Å². The molecule has 0 aliphatic carbocycles. The van der Waals surface area contributed by atoms with Crippen molar-refractivity contribution in [2.24, 2.45) is 0 Å². The first-order chi connectivity index (χ1) is 9.43. The average molecular weight is 278 g/mol. The van der Waals surface area contributed by atoms with E-state index in [1.165, 1.54) is 16.6 Å². The molecule has 3 rings (SSSR count). The third kappa shape index (κ3) is 2.18. The second-order valence-corrected chi connectivity index (χ2v) is 4.27. The molecule has 20 heavy (non-hydrogen) atoms. The summed E-state index contributed by atoms with van der Waals surface area (Å²) in [6, 6.07) is 8.40. The van der Waals surface area contributed by atoms with E-state index in [-0.39, 0.29) is 5.95 Å². The molecule has 2 aromatic heterocycles. The molecule has 4 nitrogen and oxygen atoms in total. The lowest BCUT2D eigenvalue weighted by molar-refractivity contribution is -0.137. The first kappa shape index (κ1) is 12.5. The summed E-state index contributed by atoms with van der Waals surface area (Å²) in [6.45, 7) is 0. The molecule has 0 saturated carbocycles. The molecule has 0 amide bonds. The molecule has 3 aromatic rings. The highest BCUT2D eigenvalue weighted by Gasteiger charge is 2.29. The summed E-state index contributed by atoms with van der Waals surface area (Å²) in [6.07, 6.45) is -2.66. The van der Waals surface area contributed by atoms with Crippen LogP contribution in [0.1, 0.15) is 5.56 Å². The number of nitrogens with zero attached hydrogens (tertiary/aromatic N) is 3. The van der Waals surface area contributed by atoms with E-state index in [4.69, 9.17) is 5.73 Å². The second kappa shape index (κ2) is 4.22. The summed E-state index contributed by atoms with van der Waals surface area (Å²) in [7, 11) is 0. The van der Waals surface area contributed by atoms with Crippen molar-refractivity contribution < 1.29 is 13.2 Å². The minimum atomic E-state index is -4.33. The number of pyridine rings is 1. The fourth-order valence-corrected chi connectivity index (χ4v) is 1.92. The standard InChI is InChI=1S/C13H9F3N4/c14-13(15,16)10-4-1-8(2-5-10)9-3-6-11-18-12(17)19-20(11)7-9/h1-7H,(H2,17,19). The highest BCUT2D eigenvalue weighted by molar-refractivity contribution is 5.65. The first-order valence-corrected chi connectivity index (χ1v) is 5.73. The summed E-state index contributed by atoms with van der Waals surface area (Å²) >= 11 is 0. The van der Waals surface area contributed by atoms with Gasteiger partial charge in [0.1, 0.15) is 0 Å². The Labute approximate surface area is 111 Å². The fraction of sp³-hybridized carbons (Fsp3) is 0.0769. The number of anilines is 1. The molecule has 102 valence electrons. The van der Waals surface area contributed by atoms with Gasteiger partial charge in [0.15, 0.2) is 5.65 Å². The molecule has 2 heterocycles. The van der Waals surface area contributed by atoms with Crippen LogP contribution >= 0.6 is 0 Å². The molecule has 0 atom stereocenters. The summed E-state index contributed by atoms with van der Waals surface area (Å²) in [5.41, 5.74) is 6.78. The van der Waals surface area contributed by atoms with Gasteiger partial charge in [0, 0.05) is 11.8 Å². The summed E-state index contributed by atoms with van der Waals surface area (Å²) in [5.74, 6) is 0.148. The number of hydrogen-bond donors (Lipinski definition) is 1. The number of nitrogen functional groups attached to an aromatic ring is 1. The fourth-order valence-electron chi connectivity index (χ4n) is 1.92. The van der Waals surface area contributed by atoms with Crippen LogP contribution in [-0.2, 0) is 6.18 Å². The van der Waals surface area contributed by atoms with Gasteiger partial charge in [-0.05, 0) is 29.8 Å². The largest absolute Gasteiger partial charge is 0.416 e. The van der Waals surface area contributed by atoms with Crippen molar-refractivity contribution in [2.75, 3.05) is 5.73 Å². The predicted molar refractivity (Wildman–Crippen MR) is 67.8 cm³/mol. The monoisotopic (exact) mass is 278 g/mol. The minimum Gasteiger partial charge on any atom is -0.366 e. The normalized spacial score (nSPS) is 11.9. The van der Waals surface area contributed by atoms with E-state index in [0.717, 1.165) is 17.7 Å². The van der Waals surface area contributed by atoms with Crippen LogP contribution in [0, 0.1) is 0 Å². The Morgan fingerprint density at radius 3 is 2.25 bits per heavy atom. The molecule has 0 aliphatic rings. The van der Waals surface area contributed by atoms with Crippen LogP contribution in [0.3, 0.4) is 0 Å². The summed E-state index contributed by atoms with van der Waals surface area (Å²) in [5, 5.41) is 3.96. The Hall–Kier alpha value is -2.57. The highest BCUT2D eigenvalue weighted by atomic mass is 19.4. The molecule has 0 bridgehead atoms. The number of halogens is 3. The molecule has 0 saturated heterocycles. The molecule has 7 heteroatoms. The van der Waals surface area contributed by atoms with Gasteiger partial charge >= 0.3 is 6.18 Å². The Bertz CT molecular complexity index is 759. The van der Waals surface area contributed by atoms with E-state index < -0.39 is 11.7 Å². The Balaban J connectivity index is 2.02. The van der Waals surface area contributed by atoms with Crippen molar-refractivity contribution in [3.05, 3.63) is 48.2 Å². The van der Waals surface area contributed by atoms with Crippen LogP contribution in [0.5, 0.6) is 0 Å². The van der Waals surface area contributed by atoms with E-state index in [0.29, 0.717) is 11.2 Å². The van der Waals surface area contributed by atoms with Crippen LogP contribution < -0.4 is 5.73 Å². The lowest BCUT2D eigenvalue weighted by atomic mass is 10.1. The smallest absolute Gasteiger partial charge is 0.366 e. The molecule has 0 radical (unpaired) electrons. The van der Waals surface area contributed by atoms with E-state index in [1.807, 2.05) is 0 Å². The number of aromatic nitrogens is 3. The average Bonchev–Trinajstić information content (AvgIpc) is 2.77. The van der Waals surface area contributed by atoms with Gasteiger partial charge in [0.25, 0.3) is 0 Å². The van der Waals surface area contributed by atoms with Crippen LogP contribution in [0.25, 0.3) is 16.8 Å². The zero-order valence-corrected chi connectivity index (χ0v) is 10.1. The van der Waals surface area contributed by atoms with E-state index in [1.54, 1.807) is 18.3 Å². The van der Waals surface area contributed by atoms with Gasteiger partial charge in [-0.3, -0.25) is 0 Å². The van der Waals surface area contributed by atoms with Crippen molar-refractivity contribution in [2.45, 2.75) is 6.18 Å². The number of rotatable bonds is 1.